The van der Waals surface area contributed by atoms with Crippen LogP contribution in [0.3, 0.4) is 0 Å². The number of amides is 1. The number of rotatable bonds is 7. The molecule has 0 N–H and O–H groups in total. The Labute approximate surface area is 167 Å². The van der Waals surface area contributed by atoms with E-state index in [0.29, 0.717) is 5.75 Å². The number of methoxy groups -OCH3 is 1. The highest BCUT2D eigenvalue weighted by Gasteiger charge is 2.30. The van der Waals surface area contributed by atoms with Crippen molar-refractivity contribution < 1.29 is 22.9 Å². The number of hydrogen-bond donors (Lipinski definition) is 0. The van der Waals surface area contributed by atoms with Gasteiger partial charge in [0.1, 0.15) is 18.1 Å². The summed E-state index contributed by atoms with van der Waals surface area (Å²) < 4.78 is 33.2. The number of hydrogen-bond acceptors (Lipinski definition) is 7. The number of aryl methyl sites for hydroxylation is 1. The van der Waals surface area contributed by atoms with Crippen LogP contribution in [0.25, 0.3) is 0 Å². The molecule has 12 heteroatoms. The number of nitro groups is 1. The van der Waals surface area contributed by atoms with Crippen molar-refractivity contribution in [1.82, 2.24) is 19.0 Å². The first-order valence-corrected chi connectivity index (χ1v) is 10.3. The lowest BCUT2D eigenvalue weighted by Gasteiger charge is -2.34. The first kappa shape index (κ1) is 20.7. The molecule has 0 bridgehead atoms. The van der Waals surface area contributed by atoms with Gasteiger partial charge in [-0.3, -0.25) is 19.6 Å². The summed E-state index contributed by atoms with van der Waals surface area (Å²) >= 11 is 0. The highest BCUT2D eigenvalue weighted by molar-refractivity contribution is 7.89. The van der Waals surface area contributed by atoms with Crippen LogP contribution in [0.5, 0.6) is 5.75 Å². The molecule has 0 atom stereocenters. The number of piperazine rings is 1. The second kappa shape index (κ2) is 8.57. The zero-order chi connectivity index (χ0) is 21.0. The zero-order valence-corrected chi connectivity index (χ0v) is 16.6. The monoisotopic (exact) mass is 423 g/mol. The standard InChI is InChI=1S/C17H21N5O6S/c1-28-15-2-4-16(5-3-15)29(26,27)21-10-8-19(9-11-21)17(23)6-7-20-13-14(12-18-20)22(24)25/h2-5,12-13H,6-11H2,1H3. The minimum absolute atomic E-state index is 0.129. The molecule has 1 aromatic heterocycles. The largest absolute Gasteiger partial charge is 0.497 e. The van der Waals surface area contributed by atoms with Crippen molar-refractivity contribution >= 4 is 21.6 Å². The lowest BCUT2D eigenvalue weighted by Crippen LogP contribution is -2.50. The summed E-state index contributed by atoms with van der Waals surface area (Å²) in [5.41, 5.74) is -0.130. The van der Waals surface area contributed by atoms with Crippen LogP contribution in [0.4, 0.5) is 5.69 Å². The van der Waals surface area contributed by atoms with Crippen molar-refractivity contribution in [3.05, 3.63) is 46.8 Å². The van der Waals surface area contributed by atoms with Crippen molar-refractivity contribution in [2.75, 3.05) is 33.3 Å². The maximum Gasteiger partial charge on any atom is 0.306 e. The van der Waals surface area contributed by atoms with Gasteiger partial charge in [0.2, 0.25) is 15.9 Å². The van der Waals surface area contributed by atoms with Gasteiger partial charge in [0.25, 0.3) is 0 Å². The van der Waals surface area contributed by atoms with Gasteiger partial charge in [-0.2, -0.15) is 9.40 Å². The fourth-order valence-electron chi connectivity index (χ4n) is 3.01. The molecule has 11 nitrogen and oxygen atoms in total. The van der Waals surface area contributed by atoms with Crippen LogP contribution in [0.1, 0.15) is 6.42 Å². The average Bonchev–Trinajstić information content (AvgIpc) is 3.21. The minimum atomic E-state index is -3.63. The molecule has 0 spiro atoms. The highest BCUT2D eigenvalue weighted by atomic mass is 32.2. The van der Waals surface area contributed by atoms with Crippen molar-refractivity contribution in [3.63, 3.8) is 0 Å². The van der Waals surface area contributed by atoms with Gasteiger partial charge in [-0.1, -0.05) is 0 Å². The average molecular weight is 423 g/mol. The molecule has 0 aliphatic carbocycles. The van der Waals surface area contributed by atoms with E-state index in [1.807, 2.05) is 0 Å². The SMILES string of the molecule is COc1ccc(S(=O)(=O)N2CCN(C(=O)CCn3cc([N+](=O)[O-])cn3)CC2)cc1. The van der Waals surface area contributed by atoms with Crippen LogP contribution in [0.15, 0.2) is 41.6 Å². The molecular weight excluding hydrogens is 402 g/mol. The molecule has 1 aliphatic heterocycles. The summed E-state index contributed by atoms with van der Waals surface area (Å²) in [6.45, 7) is 1.19. The van der Waals surface area contributed by atoms with E-state index in [9.17, 15) is 23.3 Å². The molecule has 0 radical (unpaired) electrons. The summed E-state index contributed by atoms with van der Waals surface area (Å²) in [5, 5.41) is 14.5. The van der Waals surface area contributed by atoms with E-state index in [1.165, 1.54) is 34.4 Å². The Morgan fingerprint density at radius 1 is 1.21 bits per heavy atom. The number of nitrogens with zero attached hydrogens (tertiary/aromatic N) is 5. The summed E-state index contributed by atoms with van der Waals surface area (Å²) in [6.07, 6.45) is 2.53. The Bertz CT molecular complexity index is 980. The van der Waals surface area contributed by atoms with Gasteiger partial charge in [0, 0.05) is 39.1 Å². The van der Waals surface area contributed by atoms with E-state index in [0.717, 1.165) is 6.20 Å². The molecule has 1 aliphatic rings. The second-order valence-electron chi connectivity index (χ2n) is 6.43. The van der Waals surface area contributed by atoms with E-state index in [1.54, 1.807) is 17.0 Å². The lowest BCUT2D eigenvalue weighted by molar-refractivity contribution is -0.385. The molecule has 0 saturated carbocycles. The topological polar surface area (TPSA) is 128 Å². The van der Waals surface area contributed by atoms with Crippen LogP contribution in [-0.4, -0.2) is 71.5 Å². The molecule has 2 heterocycles. The Morgan fingerprint density at radius 2 is 1.86 bits per heavy atom. The van der Waals surface area contributed by atoms with Crippen molar-refractivity contribution in [1.29, 1.82) is 0 Å². The van der Waals surface area contributed by atoms with Crippen LogP contribution in [0, 0.1) is 10.1 Å². The highest BCUT2D eigenvalue weighted by Crippen LogP contribution is 2.21. The number of carbonyl (C=O) groups excluding carboxylic acids is 1. The Balaban J connectivity index is 1.53. The van der Waals surface area contributed by atoms with Gasteiger partial charge in [-0.25, -0.2) is 8.42 Å². The summed E-state index contributed by atoms with van der Waals surface area (Å²) in [4.78, 5) is 24.3. The fraction of sp³-hybridized carbons (Fsp3) is 0.412. The zero-order valence-electron chi connectivity index (χ0n) is 15.8. The molecular formula is C17H21N5O6S. The molecule has 3 rings (SSSR count). The number of ether oxygens (including phenoxy) is 1. The minimum Gasteiger partial charge on any atom is -0.497 e. The van der Waals surface area contributed by atoms with Gasteiger partial charge < -0.3 is 9.64 Å². The van der Waals surface area contributed by atoms with E-state index in [4.69, 9.17) is 4.74 Å². The second-order valence-corrected chi connectivity index (χ2v) is 8.37. The fourth-order valence-corrected chi connectivity index (χ4v) is 4.43. The molecule has 29 heavy (non-hydrogen) atoms. The number of sulfonamides is 1. The number of aromatic nitrogens is 2. The quantitative estimate of drug-likeness (QED) is 0.474. The number of benzene rings is 1. The summed E-state index contributed by atoms with van der Waals surface area (Å²) in [5.74, 6) is 0.423. The third kappa shape index (κ3) is 4.71. The maximum absolute atomic E-state index is 12.7. The third-order valence-corrected chi connectivity index (χ3v) is 6.59. The number of carbonyl (C=O) groups is 1. The van der Waals surface area contributed by atoms with E-state index in [-0.39, 0.29) is 55.6 Å². The summed E-state index contributed by atoms with van der Waals surface area (Å²) in [6, 6.07) is 6.17. The Kier molecular flexibility index (Phi) is 6.13. The Hall–Kier alpha value is -2.99. The predicted molar refractivity (Wildman–Crippen MR) is 102 cm³/mol. The van der Waals surface area contributed by atoms with E-state index < -0.39 is 14.9 Å². The van der Waals surface area contributed by atoms with Gasteiger partial charge in [0.15, 0.2) is 0 Å². The van der Waals surface area contributed by atoms with Crippen LogP contribution in [0.2, 0.25) is 0 Å². The maximum atomic E-state index is 12.7. The predicted octanol–water partition coefficient (Wildman–Crippen LogP) is 0.723. The molecule has 0 unspecified atom stereocenters. The van der Waals surface area contributed by atoms with Gasteiger partial charge in [-0.05, 0) is 24.3 Å². The normalized spacial score (nSPS) is 15.3. The van der Waals surface area contributed by atoms with Crippen LogP contribution in [-0.2, 0) is 21.4 Å². The molecule has 1 aromatic carbocycles. The van der Waals surface area contributed by atoms with E-state index >= 15 is 0 Å². The van der Waals surface area contributed by atoms with Crippen molar-refractivity contribution in [2.45, 2.75) is 17.9 Å². The van der Waals surface area contributed by atoms with E-state index in [2.05, 4.69) is 5.10 Å². The first-order valence-electron chi connectivity index (χ1n) is 8.90. The van der Waals surface area contributed by atoms with Gasteiger partial charge >= 0.3 is 5.69 Å². The van der Waals surface area contributed by atoms with Crippen LogP contribution < -0.4 is 4.74 Å². The van der Waals surface area contributed by atoms with Crippen molar-refractivity contribution in [3.8, 4) is 5.75 Å². The van der Waals surface area contributed by atoms with Gasteiger partial charge in [0.05, 0.1) is 16.9 Å². The Morgan fingerprint density at radius 3 is 2.41 bits per heavy atom. The van der Waals surface area contributed by atoms with Crippen molar-refractivity contribution in [2.24, 2.45) is 0 Å². The smallest absolute Gasteiger partial charge is 0.306 e. The van der Waals surface area contributed by atoms with Crippen LogP contribution >= 0.6 is 0 Å². The molecule has 1 amide bonds. The third-order valence-electron chi connectivity index (χ3n) is 4.67. The molecule has 1 saturated heterocycles. The van der Waals surface area contributed by atoms with Gasteiger partial charge in [-0.15, -0.1) is 0 Å². The molecule has 156 valence electrons. The lowest BCUT2D eigenvalue weighted by atomic mass is 10.3. The first-order chi connectivity index (χ1) is 13.8. The summed E-state index contributed by atoms with van der Waals surface area (Å²) in [7, 11) is -2.13. The molecule has 2 aromatic rings. The molecule has 1 fully saturated rings.